The van der Waals surface area contributed by atoms with E-state index in [4.69, 9.17) is 0 Å². The minimum absolute atomic E-state index is 0.108. The fourth-order valence-electron chi connectivity index (χ4n) is 2.89. The number of phenolic OH excluding ortho intramolecular Hbond substituents is 1. The van der Waals surface area contributed by atoms with Crippen molar-refractivity contribution in [3.63, 3.8) is 0 Å². The third kappa shape index (κ3) is 1.97. The summed E-state index contributed by atoms with van der Waals surface area (Å²) >= 11 is 0. The van der Waals surface area contributed by atoms with Crippen molar-refractivity contribution in [1.29, 1.82) is 0 Å². The van der Waals surface area contributed by atoms with Gasteiger partial charge < -0.3 is 5.11 Å². The number of carbonyl (C=O) groups is 4. The van der Waals surface area contributed by atoms with Gasteiger partial charge in [-0.25, -0.2) is 0 Å². The van der Waals surface area contributed by atoms with Gasteiger partial charge in [0.1, 0.15) is 11.8 Å². The van der Waals surface area contributed by atoms with E-state index in [0.717, 1.165) is 9.80 Å². The molecular formula is C15H14N2O5. The van der Waals surface area contributed by atoms with E-state index in [1.165, 1.54) is 25.2 Å². The van der Waals surface area contributed by atoms with Crippen molar-refractivity contribution in [2.45, 2.75) is 25.3 Å². The lowest BCUT2D eigenvalue weighted by molar-refractivity contribution is -0.153. The quantitative estimate of drug-likeness (QED) is 0.740. The average molecular weight is 302 g/mol. The zero-order chi connectivity index (χ0) is 16.0. The predicted octanol–water partition coefficient (Wildman–Crippen LogP) is 0.0645. The number of hydrogen-bond acceptors (Lipinski definition) is 5. The van der Waals surface area contributed by atoms with E-state index in [2.05, 4.69) is 0 Å². The van der Waals surface area contributed by atoms with Gasteiger partial charge in [0, 0.05) is 24.6 Å². The van der Waals surface area contributed by atoms with Crippen LogP contribution in [0.5, 0.6) is 5.75 Å². The lowest BCUT2D eigenvalue weighted by atomic mass is 9.93. The molecule has 1 unspecified atom stereocenters. The number of fused-ring (bicyclic) bond motifs is 1. The van der Waals surface area contributed by atoms with Crippen molar-refractivity contribution in [3.8, 4) is 5.75 Å². The maximum atomic E-state index is 12.6. The standard InChI is InChI=1S/C15H14N2O5/c1-16-12(19)6-5-10(15(16)22)17-13(20)7-9-8(14(17)21)3-2-4-11(9)18/h2-4,10,18H,5-7H2,1H3. The van der Waals surface area contributed by atoms with Crippen LogP contribution in [0, 0.1) is 0 Å². The third-order valence-corrected chi connectivity index (χ3v) is 4.13. The molecule has 0 radical (unpaired) electrons. The number of imide groups is 2. The van der Waals surface area contributed by atoms with E-state index in [0.29, 0.717) is 0 Å². The van der Waals surface area contributed by atoms with E-state index in [-0.39, 0.29) is 42.0 Å². The monoisotopic (exact) mass is 302 g/mol. The van der Waals surface area contributed by atoms with Crippen LogP contribution < -0.4 is 0 Å². The van der Waals surface area contributed by atoms with Gasteiger partial charge in [0.2, 0.25) is 11.8 Å². The molecule has 0 aromatic heterocycles. The van der Waals surface area contributed by atoms with E-state index >= 15 is 0 Å². The molecule has 1 atom stereocenters. The lowest BCUT2D eigenvalue weighted by Crippen LogP contribution is -2.58. The Labute approximate surface area is 126 Å². The van der Waals surface area contributed by atoms with Gasteiger partial charge in [-0.3, -0.25) is 29.0 Å². The molecule has 2 aliphatic rings. The number of nitrogens with zero attached hydrogens (tertiary/aromatic N) is 2. The number of aromatic hydroxyl groups is 1. The van der Waals surface area contributed by atoms with Gasteiger partial charge in [0.25, 0.3) is 11.8 Å². The fraction of sp³-hybridized carbons (Fsp3) is 0.333. The molecule has 1 aromatic rings. The summed E-state index contributed by atoms with van der Waals surface area (Å²) in [5.41, 5.74) is 0.494. The van der Waals surface area contributed by atoms with Crippen LogP contribution in [-0.2, 0) is 20.8 Å². The van der Waals surface area contributed by atoms with Crippen LogP contribution >= 0.6 is 0 Å². The van der Waals surface area contributed by atoms with Crippen LogP contribution in [0.25, 0.3) is 0 Å². The minimum atomic E-state index is -0.960. The second-order valence-electron chi connectivity index (χ2n) is 5.39. The number of hydrogen-bond donors (Lipinski definition) is 1. The zero-order valence-corrected chi connectivity index (χ0v) is 11.9. The number of likely N-dealkylation sites (tertiary alicyclic amines) is 1. The topological polar surface area (TPSA) is 95.0 Å². The number of carbonyl (C=O) groups excluding carboxylic acids is 4. The molecule has 7 heteroatoms. The molecule has 0 bridgehead atoms. The van der Waals surface area contributed by atoms with E-state index in [1.54, 1.807) is 0 Å². The molecule has 114 valence electrons. The Bertz CT molecular complexity index is 712. The van der Waals surface area contributed by atoms with Gasteiger partial charge in [-0.2, -0.15) is 0 Å². The maximum Gasteiger partial charge on any atom is 0.261 e. The number of piperidine rings is 1. The summed E-state index contributed by atoms with van der Waals surface area (Å²) in [6.45, 7) is 0. The Hall–Kier alpha value is -2.70. The van der Waals surface area contributed by atoms with Crippen LogP contribution in [0.1, 0.15) is 28.8 Å². The first-order valence-corrected chi connectivity index (χ1v) is 6.89. The van der Waals surface area contributed by atoms with Gasteiger partial charge >= 0.3 is 0 Å². The molecule has 2 heterocycles. The van der Waals surface area contributed by atoms with Gasteiger partial charge in [-0.15, -0.1) is 0 Å². The molecule has 22 heavy (non-hydrogen) atoms. The highest BCUT2D eigenvalue weighted by atomic mass is 16.3. The Balaban J connectivity index is 1.99. The molecule has 1 saturated heterocycles. The third-order valence-electron chi connectivity index (χ3n) is 4.13. The smallest absolute Gasteiger partial charge is 0.261 e. The molecule has 0 saturated carbocycles. The van der Waals surface area contributed by atoms with Crippen LogP contribution in [0.4, 0.5) is 0 Å². The van der Waals surface area contributed by atoms with Gasteiger partial charge in [0.05, 0.1) is 6.42 Å². The van der Waals surface area contributed by atoms with Gasteiger partial charge in [-0.1, -0.05) is 6.07 Å². The second-order valence-corrected chi connectivity index (χ2v) is 5.39. The van der Waals surface area contributed by atoms with Crippen LogP contribution in [0.3, 0.4) is 0 Å². The van der Waals surface area contributed by atoms with E-state index in [1.807, 2.05) is 0 Å². The van der Waals surface area contributed by atoms with Crippen molar-refractivity contribution in [2.75, 3.05) is 7.05 Å². The largest absolute Gasteiger partial charge is 0.508 e. The van der Waals surface area contributed by atoms with Crippen LogP contribution in [0.15, 0.2) is 18.2 Å². The van der Waals surface area contributed by atoms with Crippen molar-refractivity contribution >= 4 is 23.6 Å². The summed E-state index contributed by atoms with van der Waals surface area (Å²) in [6, 6.07) is 3.48. The normalized spacial score (nSPS) is 22.1. The first kappa shape index (κ1) is 14.2. The number of benzene rings is 1. The summed E-state index contributed by atoms with van der Waals surface area (Å²) in [7, 11) is 1.34. The minimum Gasteiger partial charge on any atom is -0.508 e. The molecule has 1 N–H and O–H groups in total. The predicted molar refractivity (Wildman–Crippen MR) is 73.8 cm³/mol. The van der Waals surface area contributed by atoms with E-state index < -0.39 is 23.8 Å². The average Bonchev–Trinajstić information content (AvgIpc) is 2.48. The van der Waals surface area contributed by atoms with Crippen LogP contribution in [0.2, 0.25) is 0 Å². The Kier molecular flexibility index (Phi) is 3.20. The second kappa shape index (κ2) is 4.94. The molecule has 2 aliphatic heterocycles. The molecule has 3 rings (SSSR count). The van der Waals surface area contributed by atoms with Crippen molar-refractivity contribution in [2.24, 2.45) is 0 Å². The van der Waals surface area contributed by atoms with Crippen molar-refractivity contribution in [1.82, 2.24) is 9.80 Å². The highest BCUT2D eigenvalue weighted by Gasteiger charge is 2.43. The number of amides is 4. The Morgan fingerprint density at radius 1 is 1.14 bits per heavy atom. The number of likely N-dealkylation sites (N-methyl/N-ethyl adjacent to an activating group) is 1. The summed E-state index contributed by atoms with van der Waals surface area (Å²) in [5, 5.41) is 9.77. The highest BCUT2D eigenvalue weighted by molar-refractivity contribution is 6.14. The number of phenols is 1. The molecule has 1 aromatic carbocycles. The zero-order valence-electron chi connectivity index (χ0n) is 11.9. The lowest BCUT2D eigenvalue weighted by Gasteiger charge is -2.37. The maximum absolute atomic E-state index is 12.6. The van der Waals surface area contributed by atoms with Gasteiger partial charge in [-0.05, 0) is 18.6 Å². The Morgan fingerprint density at radius 3 is 2.59 bits per heavy atom. The Morgan fingerprint density at radius 2 is 1.86 bits per heavy atom. The molecule has 0 aliphatic carbocycles. The highest BCUT2D eigenvalue weighted by Crippen LogP contribution is 2.30. The summed E-state index contributed by atoms with van der Waals surface area (Å²) in [4.78, 5) is 50.5. The van der Waals surface area contributed by atoms with Crippen molar-refractivity contribution < 1.29 is 24.3 Å². The number of rotatable bonds is 1. The first-order chi connectivity index (χ1) is 10.4. The van der Waals surface area contributed by atoms with Crippen LogP contribution in [-0.4, -0.2) is 51.6 Å². The first-order valence-electron chi connectivity index (χ1n) is 6.89. The summed E-state index contributed by atoms with van der Waals surface area (Å²) in [5.74, 6) is -2.14. The molecule has 4 amide bonds. The molecule has 0 spiro atoms. The molecule has 7 nitrogen and oxygen atoms in total. The van der Waals surface area contributed by atoms with E-state index in [9.17, 15) is 24.3 Å². The summed E-state index contributed by atoms with van der Waals surface area (Å²) < 4.78 is 0. The fourth-order valence-corrected chi connectivity index (χ4v) is 2.89. The molecular weight excluding hydrogens is 288 g/mol. The SMILES string of the molecule is CN1C(=O)CCC(N2C(=O)Cc3c(O)cccc3C2=O)C1=O. The molecule has 1 fully saturated rings. The van der Waals surface area contributed by atoms with Crippen molar-refractivity contribution in [3.05, 3.63) is 29.3 Å². The summed E-state index contributed by atoms with van der Waals surface area (Å²) in [6.07, 6.45) is 0.0969. The van der Waals surface area contributed by atoms with Gasteiger partial charge in [0.15, 0.2) is 0 Å².